The lowest BCUT2D eigenvalue weighted by molar-refractivity contribution is -0.141. The van der Waals surface area contributed by atoms with Gasteiger partial charge in [-0.3, -0.25) is 4.79 Å². The molecule has 0 radical (unpaired) electrons. The van der Waals surface area contributed by atoms with Gasteiger partial charge in [0.2, 0.25) is 0 Å². The van der Waals surface area contributed by atoms with Crippen LogP contribution in [0.3, 0.4) is 0 Å². The standard InChI is InChI=1S/C13H15NO2/c1-8(13(15)16)7-11-9(2)14-12-6-4-3-5-10(11)12/h3-6,8,14H,7H2,1-2H3,(H,15,16). The minimum absolute atomic E-state index is 0.349. The van der Waals surface area contributed by atoms with Gasteiger partial charge in [0, 0.05) is 16.6 Å². The Morgan fingerprint density at radius 1 is 1.44 bits per heavy atom. The van der Waals surface area contributed by atoms with Crippen molar-refractivity contribution in [3.63, 3.8) is 0 Å². The minimum Gasteiger partial charge on any atom is -0.481 e. The summed E-state index contributed by atoms with van der Waals surface area (Å²) in [7, 11) is 0. The van der Waals surface area contributed by atoms with E-state index in [0.29, 0.717) is 6.42 Å². The van der Waals surface area contributed by atoms with Crippen LogP contribution in [0.5, 0.6) is 0 Å². The summed E-state index contributed by atoms with van der Waals surface area (Å²) in [5.41, 5.74) is 3.26. The molecule has 0 bridgehead atoms. The number of aliphatic carboxylic acids is 1. The average molecular weight is 217 g/mol. The fourth-order valence-electron chi connectivity index (χ4n) is 1.99. The molecule has 1 heterocycles. The number of rotatable bonds is 3. The Labute approximate surface area is 94.1 Å². The molecule has 0 amide bonds. The summed E-state index contributed by atoms with van der Waals surface area (Å²) in [5, 5.41) is 10.1. The number of aryl methyl sites for hydroxylation is 1. The number of aromatic nitrogens is 1. The summed E-state index contributed by atoms with van der Waals surface area (Å²) < 4.78 is 0. The number of aromatic amines is 1. The number of para-hydroxylation sites is 1. The molecule has 0 saturated heterocycles. The molecule has 84 valence electrons. The predicted molar refractivity (Wildman–Crippen MR) is 63.5 cm³/mol. The highest BCUT2D eigenvalue weighted by Crippen LogP contribution is 2.24. The summed E-state index contributed by atoms with van der Waals surface area (Å²) in [5.74, 6) is -1.09. The highest BCUT2D eigenvalue weighted by Gasteiger charge is 2.16. The number of H-pyrrole nitrogens is 1. The number of hydrogen-bond acceptors (Lipinski definition) is 1. The van der Waals surface area contributed by atoms with Gasteiger partial charge >= 0.3 is 5.97 Å². The number of carbonyl (C=O) groups is 1. The fraction of sp³-hybridized carbons (Fsp3) is 0.308. The second-order valence-corrected chi connectivity index (χ2v) is 4.22. The fourth-order valence-corrected chi connectivity index (χ4v) is 1.99. The Balaban J connectivity index is 2.43. The third kappa shape index (κ3) is 1.81. The molecule has 3 nitrogen and oxygen atoms in total. The van der Waals surface area contributed by atoms with Gasteiger partial charge in [-0.15, -0.1) is 0 Å². The molecule has 0 saturated carbocycles. The molecule has 2 rings (SSSR count). The second kappa shape index (κ2) is 4.00. The van der Waals surface area contributed by atoms with E-state index in [4.69, 9.17) is 5.11 Å². The number of fused-ring (bicyclic) bond motifs is 1. The van der Waals surface area contributed by atoms with Crippen molar-refractivity contribution >= 4 is 16.9 Å². The molecular weight excluding hydrogens is 202 g/mol. The van der Waals surface area contributed by atoms with Crippen LogP contribution in [-0.4, -0.2) is 16.1 Å². The maximum atomic E-state index is 10.9. The molecule has 2 N–H and O–H groups in total. The molecular formula is C13H15NO2. The van der Waals surface area contributed by atoms with Crippen LogP contribution in [0, 0.1) is 12.8 Å². The zero-order chi connectivity index (χ0) is 11.7. The van der Waals surface area contributed by atoms with Crippen LogP contribution in [0.25, 0.3) is 10.9 Å². The minimum atomic E-state index is -0.746. The summed E-state index contributed by atoms with van der Waals surface area (Å²) in [4.78, 5) is 14.1. The van der Waals surface area contributed by atoms with Gasteiger partial charge < -0.3 is 10.1 Å². The first kappa shape index (κ1) is 10.7. The molecule has 2 aromatic rings. The van der Waals surface area contributed by atoms with E-state index in [1.807, 2.05) is 31.2 Å². The van der Waals surface area contributed by atoms with E-state index in [9.17, 15) is 4.79 Å². The third-order valence-electron chi connectivity index (χ3n) is 2.96. The Kier molecular flexibility index (Phi) is 2.69. The van der Waals surface area contributed by atoms with E-state index >= 15 is 0 Å². The Hall–Kier alpha value is -1.77. The van der Waals surface area contributed by atoms with Gasteiger partial charge in [0.1, 0.15) is 0 Å². The SMILES string of the molecule is Cc1[nH]c2ccccc2c1CC(C)C(=O)O. The first-order chi connectivity index (χ1) is 7.59. The van der Waals surface area contributed by atoms with Crippen LogP contribution in [-0.2, 0) is 11.2 Å². The van der Waals surface area contributed by atoms with Gasteiger partial charge in [0.25, 0.3) is 0 Å². The van der Waals surface area contributed by atoms with Crippen molar-refractivity contribution in [3.05, 3.63) is 35.5 Å². The van der Waals surface area contributed by atoms with Crippen LogP contribution < -0.4 is 0 Å². The normalized spacial score (nSPS) is 12.9. The van der Waals surface area contributed by atoms with E-state index in [1.54, 1.807) is 6.92 Å². The van der Waals surface area contributed by atoms with E-state index in [-0.39, 0.29) is 5.92 Å². The van der Waals surface area contributed by atoms with Crippen LogP contribution in [0.2, 0.25) is 0 Å². The smallest absolute Gasteiger partial charge is 0.306 e. The summed E-state index contributed by atoms with van der Waals surface area (Å²) >= 11 is 0. The maximum absolute atomic E-state index is 10.9. The molecule has 1 aromatic carbocycles. The highest BCUT2D eigenvalue weighted by atomic mass is 16.4. The molecule has 1 aromatic heterocycles. The van der Waals surface area contributed by atoms with Crippen molar-refractivity contribution in [3.8, 4) is 0 Å². The van der Waals surface area contributed by atoms with Crippen molar-refractivity contribution in [2.45, 2.75) is 20.3 Å². The lowest BCUT2D eigenvalue weighted by atomic mass is 9.99. The lowest BCUT2D eigenvalue weighted by Crippen LogP contribution is -2.12. The molecule has 1 atom stereocenters. The van der Waals surface area contributed by atoms with Crippen LogP contribution >= 0.6 is 0 Å². The van der Waals surface area contributed by atoms with E-state index in [1.165, 1.54) is 0 Å². The monoisotopic (exact) mass is 217 g/mol. The molecule has 0 spiro atoms. The molecule has 0 fully saturated rings. The molecule has 3 heteroatoms. The van der Waals surface area contributed by atoms with Crippen molar-refractivity contribution in [2.75, 3.05) is 0 Å². The molecule has 1 unspecified atom stereocenters. The Morgan fingerprint density at radius 2 is 2.12 bits per heavy atom. The van der Waals surface area contributed by atoms with Gasteiger partial charge in [-0.1, -0.05) is 25.1 Å². The molecule has 0 aliphatic heterocycles. The van der Waals surface area contributed by atoms with E-state index < -0.39 is 5.97 Å². The Morgan fingerprint density at radius 3 is 2.81 bits per heavy atom. The third-order valence-corrected chi connectivity index (χ3v) is 2.96. The molecule has 0 aliphatic rings. The number of nitrogens with one attached hydrogen (secondary N) is 1. The van der Waals surface area contributed by atoms with Gasteiger partial charge in [-0.25, -0.2) is 0 Å². The van der Waals surface area contributed by atoms with Gasteiger partial charge in [-0.2, -0.15) is 0 Å². The first-order valence-electron chi connectivity index (χ1n) is 5.38. The maximum Gasteiger partial charge on any atom is 0.306 e. The zero-order valence-electron chi connectivity index (χ0n) is 9.45. The molecule has 0 aliphatic carbocycles. The van der Waals surface area contributed by atoms with E-state index in [0.717, 1.165) is 22.2 Å². The van der Waals surface area contributed by atoms with Crippen LogP contribution in [0.15, 0.2) is 24.3 Å². The topological polar surface area (TPSA) is 53.1 Å². The largest absolute Gasteiger partial charge is 0.481 e. The number of carboxylic acids is 1. The first-order valence-corrected chi connectivity index (χ1v) is 5.38. The lowest BCUT2D eigenvalue weighted by Gasteiger charge is -2.06. The summed E-state index contributed by atoms with van der Waals surface area (Å²) in [6, 6.07) is 7.99. The van der Waals surface area contributed by atoms with Gasteiger partial charge in [0.05, 0.1) is 5.92 Å². The number of carboxylic acid groups (broad SMARTS) is 1. The Bertz CT molecular complexity index is 528. The number of benzene rings is 1. The highest BCUT2D eigenvalue weighted by molar-refractivity contribution is 5.85. The van der Waals surface area contributed by atoms with Crippen molar-refractivity contribution < 1.29 is 9.90 Å². The average Bonchev–Trinajstić information content (AvgIpc) is 2.55. The molecule has 16 heavy (non-hydrogen) atoms. The predicted octanol–water partition coefficient (Wildman–Crippen LogP) is 2.74. The summed E-state index contributed by atoms with van der Waals surface area (Å²) in [6.07, 6.45) is 0.575. The van der Waals surface area contributed by atoms with Crippen LogP contribution in [0.1, 0.15) is 18.2 Å². The van der Waals surface area contributed by atoms with Crippen molar-refractivity contribution in [1.29, 1.82) is 0 Å². The van der Waals surface area contributed by atoms with Crippen molar-refractivity contribution in [2.24, 2.45) is 5.92 Å². The van der Waals surface area contributed by atoms with E-state index in [2.05, 4.69) is 4.98 Å². The summed E-state index contributed by atoms with van der Waals surface area (Å²) in [6.45, 7) is 3.73. The quantitative estimate of drug-likeness (QED) is 0.830. The van der Waals surface area contributed by atoms with Gasteiger partial charge in [0.15, 0.2) is 0 Å². The van der Waals surface area contributed by atoms with Crippen LogP contribution in [0.4, 0.5) is 0 Å². The zero-order valence-corrected chi connectivity index (χ0v) is 9.45. The van der Waals surface area contributed by atoms with Crippen molar-refractivity contribution in [1.82, 2.24) is 4.98 Å². The van der Waals surface area contributed by atoms with Gasteiger partial charge in [-0.05, 0) is 25.0 Å². The second-order valence-electron chi connectivity index (χ2n) is 4.22. The number of hydrogen-bond donors (Lipinski definition) is 2.